The molecule has 0 fully saturated rings. The molecule has 24 heavy (non-hydrogen) atoms. The van der Waals surface area contributed by atoms with E-state index in [4.69, 9.17) is 4.55 Å². The Bertz CT molecular complexity index is 819. The molecule has 0 aromatic rings. The minimum absolute atomic E-state index is 0.412. The van der Waals surface area contributed by atoms with E-state index in [1.54, 1.807) is 0 Å². The quantitative estimate of drug-likeness (QED) is 0.587. The summed E-state index contributed by atoms with van der Waals surface area (Å²) in [6.07, 6.45) is 0.412. The largest absolute Gasteiger partial charge is 0.296 e. The summed E-state index contributed by atoms with van der Waals surface area (Å²) >= 11 is 0. The molecule has 1 N–H and O–H groups in total. The standard InChI is InChI=1S/C11H20F2O8S3/c1-9(2,3)8(14)10(4,22(5,15)16)23(17,18)6-11(12,13)7-24(19,20)21/h6-7H2,1-5H3,(H,19,20,21). The predicted molar refractivity (Wildman–Crippen MR) is 82.9 cm³/mol. The van der Waals surface area contributed by atoms with Gasteiger partial charge in [-0.15, -0.1) is 0 Å². The zero-order chi connectivity index (χ0) is 20.0. The summed E-state index contributed by atoms with van der Waals surface area (Å²) in [7, 11) is -15.3. The molecule has 0 heterocycles. The normalized spacial score (nSPS) is 17.3. The summed E-state index contributed by atoms with van der Waals surface area (Å²) < 4.78 is 102. The molecule has 0 spiro atoms. The highest BCUT2D eigenvalue weighted by atomic mass is 32.3. The van der Waals surface area contributed by atoms with Crippen molar-refractivity contribution in [3.63, 3.8) is 0 Å². The Labute approximate surface area is 140 Å². The molecule has 0 aromatic heterocycles. The van der Waals surface area contributed by atoms with Crippen molar-refractivity contribution in [1.29, 1.82) is 0 Å². The maximum atomic E-state index is 13.7. The zero-order valence-corrected chi connectivity index (χ0v) is 16.1. The van der Waals surface area contributed by atoms with Gasteiger partial charge in [-0.25, -0.2) is 25.6 Å². The van der Waals surface area contributed by atoms with E-state index in [2.05, 4.69) is 0 Å². The molecule has 0 aliphatic carbocycles. The average Bonchev–Trinajstić information content (AvgIpc) is 2.18. The third-order valence-corrected chi connectivity index (χ3v) is 9.42. The van der Waals surface area contributed by atoms with Crippen molar-refractivity contribution in [3.8, 4) is 0 Å². The number of carbonyl (C=O) groups is 1. The summed E-state index contributed by atoms with van der Waals surface area (Å²) in [4.78, 5) is 12.4. The van der Waals surface area contributed by atoms with E-state index in [9.17, 15) is 38.8 Å². The van der Waals surface area contributed by atoms with E-state index in [1.165, 1.54) is 20.8 Å². The summed E-state index contributed by atoms with van der Waals surface area (Å²) in [5.74, 6) is -10.3. The van der Waals surface area contributed by atoms with E-state index < -0.39 is 62.5 Å². The molecular weight excluding hydrogens is 394 g/mol. The van der Waals surface area contributed by atoms with E-state index in [-0.39, 0.29) is 0 Å². The van der Waals surface area contributed by atoms with Crippen LogP contribution in [-0.2, 0) is 34.6 Å². The second-order valence-electron chi connectivity index (χ2n) is 6.64. The van der Waals surface area contributed by atoms with Crippen LogP contribution in [0.2, 0.25) is 0 Å². The third kappa shape index (κ3) is 5.17. The first-order valence-electron chi connectivity index (χ1n) is 6.37. The zero-order valence-electron chi connectivity index (χ0n) is 13.7. The van der Waals surface area contributed by atoms with E-state index in [1.807, 2.05) is 0 Å². The fourth-order valence-electron chi connectivity index (χ4n) is 1.95. The number of hydrogen-bond donors (Lipinski definition) is 1. The van der Waals surface area contributed by atoms with Crippen molar-refractivity contribution in [2.45, 2.75) is 37.7 Å². The molecule has 1 atom stereocenters. The average molecular weight is 414 g/mol. The van der Waals surface area contributed by atoms with Gasteiger partial charge < -0.3 is 0 Å². The number of halogens is 2. The maximum absolute atomic E-state index is 13.7. The van der Waals surface area contributed by atoms with Crippen LogP contribution in [0.15, 0.2) is 0 Å². The van der Waals surface area contributed by atoms with Gasteiger partial charge in [0.1, 0.15) is 11.5 Å². The first-order valence-corrected chi connectivity index (χ1v) is 11.5. The van der Waals surface area contributed by atoms with Gasteiger partial charge in [-0.05, 0) is 6.92 Å². The summed E-state index contributed by atoms with van der Waals surface area (Å²) in [5.41, 5.74) is -1.50. The summed E-state index contributed by atoms with van der Waals surface area (Å²) in [5, 5.41) is 0. The van der Waals surface area contributed by atoms with E-state index >= 15 is 0 Å². The highest BCUT2D eigenvalue weighted by molar-refractivity contribution is 8.11. The fraction of sp³-hybridized carbons (Fsp3) is 0.909. The molecule has 1 unspecified atom stereocenters. The highest BCUT2D eigenvalue weighted by Gasteiger charge is 2.60. The van der Waals surface area contributed by atoms with E-state index in [0.717, 1.165) is 0 Å². The van der Waals surface area contributed by atoms with Crippen molar-refractivity contribution in [3.05, 3.63) is 0 Å². The van der Waals surface area contributed by atoms with Crippen molar-refractivity contribution in [2.24, 2.45) is 5.41 Å². The van der Waals surface area contributed by atoms with Crippen LogP contribution in [0.3, 0.4) is 0 Å². The van der Waals surface area contributed by atoms with Crippen molar-refractivity contribution >= 4 is 35.6 Å². The molecule has 144 valence electrons. The minimum Gasteiger partial charge on any atom is -0.296 e. The van der Waals surface area contributed by atoms with Crippen molar-refractivity contribution in [1.82, 2.24) is 0 Å². The van der Waals surface area contributed by atoms with Crippen LogP contribution in [0.5, 0.6) is 0 Å². The number of ketones is 1. The van der Waals surface area contributed by atoms with Crippen LogP contribution >= 0.6 is 0 Å². The van der Waals surface area contributed by atoms with Crippen molar-refractivity contribution in [2.75, 3.05) is 17.8 Å². The number of sulfone groups is 2. The van der Waals surface area contributed by atoms with Crippen LogP contribution in [-0.4, -0.2) is 63.4 Å². The first kappa shape index (κ1) is 23.3. The van der Waals surface area contributed by atoms with Crippen LogP contribution in [0.4, 0.5) is 8.78 Å². The Balaban J connectivity index is 6.33. The molecule has 13 heteroatoms. The van der Waals surface area contributed by atoms with Gasteiger partial charge in [0.2, 0.25) is 4.08 Å². The van der Waals surface area contributed by atoms with Crippen LogP contribution in [0.25, 0.3) is 0 Å². The van der Waals surface area contributed by atoms with Crippen LogP contribution < -0.4 is 0 Å². The number of alkyl halides is 2. The smallest absolute Gasteiger partial charge is 0.278 e. The first-order chi connectivity index (χ1) is 10.1. The molecular formula is C11H20F2O8S3. The SMILES string of the molecule is CC(C)(C)C(=O)C(C)(S(C)(=O)=O)S(=O)(=O)CC(F)(F)CS(=O)(=O)O. The summed E-state index contributed by atoms with van der Waals surface area (Å²) in [6, 6.07) is 0. The van der Waals surface area contributed by atoms with Gasteiger partial charge in [0, 0.05) is 11.7 Å². The Morgan fingerprint density at radius 3 is 1.54 bits per heavy atom. The third-order valence-electron chi connectivity index (χ3n) is 3.19. The number of hydrogen-bond acceptors (Lipinski definition) is 7. The fourth-order valence-corrected chi connectivity index (χ4v) is 6.90. The summed E-state index contributed by atoms with van der Waals surface area (Å²) in [6.45, 7) is 4.13. The molecule has 0 bridgehead atoms. The lowest BCUT2D eigenvalue weighted by Gasteiger charge is -2.33. The second kappa shape index (κ2) is 6.25. The van der Waals surface area contributed by atoms with Gasteiger partial charge in [-0.2, -0.15) is 8.42 Å². The Morgan fingerprint density at radius 1 is 0.917 bits per heavy atom. The molecule has 0 saturated carbocycles. The van der Waals surface area contributed by atoms with Crippen LogP contribution in [0.1, 0.15) is 27.7 Å². The number of rotatable bonds is 7. The Hall–Kier alpha value is -0.660. The number of carbonyl (C=O) groups excluding carboxylic acids is 1. The molecule has 0 aliphatic rings. The van der Waals surface area contributed by atoms with Gasteiger partial charge in [-0.1, -0.05) is 20.8 Å². The van der Waals surface area contributed by atoms with Crippen molar-refractivity contribution < 1.29 is 43.4 Å². The topological polar surface area (TPSA) is 140 Å². The lowest BCUT2D eigenvalue weighted by atomic mass is 9.89. The van der Waals surface area contributed by atoms with Gasteiger partial charge in [0.25, 0.3) is 16.0 Å². The molecule has 8 nitrogen and oxygen atoms in total. The lowest BCUT2D eigenvalue weighted by molar-refractivity contribution is -0.126. The minimum atomic E-state index is -5.36. The molecule has 0 aliphatic heterocycles. The molecule has 0 aromatic carbocycles. The van der Waals surface area contributed by atoms with Gasteiger partial charge in [0.15, 0.2) is 25.5 Å². The Kier molecular flexibility index (Phi) is 6.08. The number of Topliss-reactive ketones (excluding diaryl/α,β-unsaturated/α-hetero) is 1. The highest BCUT2D eigenvalue weighted by Crippen LogP contribution is 2.36. The molecule has 0 rings (SSSR count). The van der Waals surface area contributed by atoms with Crippen LogP contribution in [0, 0.1) is 5.41 Å². The Morgan fingerprint density at radius 2 is 1.29 bits per heavy atom. The van der Waals surface area contributed by atoms with E-state index in [0.29, 0.717) is 13.2 Å². The van der Waals surface area contributed by atoms with Gasteiger partial charge >= 0.3 is 0 Å². The monoisotopic (exact) mass is 414 g/mol. The maximum Gasteiger partial charge on any atom is 0.278 e. The lowest BCUT2D eigenvalue weighted by Crippen LogP contribution is -2.57. The van der Waals surface area contributed by atoms with Gasteiger partial charge in [0.05, 0.1) is 0 Å². The molecule has 0 saturated heterocycles. The predicted octanol–water partition coefficient (Wildman–Crippen LogP) is 0.300. The second-order valence-corrected chi connectivity index (χ2v) is 13.0. The molecule has 0 amide bonds. The molecule has 0 radical (unpaired) electrons. The van der Waals surface area contributed by atoms with Gasteiger partial charge in [-0.3, -0.25) is 9.35 Å².